The molecule has 10 nitrogen and oxygen atoms in total. The van der Waals surface area contributed by atoms with Crippen LogP contribution in [0.1, 0.15) is 30.9 Å². The summed E-state index contributed by atoms with van der Waals surface area (Å²) >= 11 is 0.903. The summed E-state index contributed by atoms with van der Waals surface area (Å²) in [6, 6.07) is 12.4. The number of imide groups is 1. The maximum Gasteiger partial charge on any atom is 0.293 e. The monoisotopic (exact) mass is 478 g/mol. The average Bonchev–Trinajstić information content (AvgIpc) is 3.44. The van der Waals surface area contributed by atoms with Crippen LogP contribution in [0.25, 0.3) is 17.5 Å². The molecular formula is C23H22N6O4S. The number of H-pyrrole nitrogens is 1. The van der Waals surface area contributed by atoms with E-state index >= 15 is 0 Å². The van der Waals surface area contributed by atoms with Gasteiger partial charge in [0.15, 0.2) is 0 Å². The number of tetrazole rings is 1. The Balaban J connectivity index is 1.29. The van der Waals surface area contributed by atoms with Gasteiger partial charge in [-0.1, -0.05) is 31.2 Å². The maximum absolute atomic E-state index is 12.6. The van der Waals surface area contributed by atoms with Gasteiger partial charge in [0.25, 0.3) is 11.1 Å². The quantitative estimate of drug-likeness (QED) is 0.417. The molecule has 0 radical (unpaired) electrons. The molecule has 0 spiro atoms. The number of hydrogen-bond donors (Lipinski definition) is 3. The molecule has 1 aliphatic rings. The zero-order chi connectivity index (χ0) is 24.1. The van der Waals surface area contributed by atoms with Crippen molar-refractivity contribution in [3.63, 3.8) is 0 Å². The summed E-state index contributed by atoms with van der Waals surface area (Å²) in [5, 5.41) is 25.8. The van der Waals surface area contributed by atoms with Crippen molar-refractivity contribution in [3.05, 3.63) is 58.5 Å². The molecule has 1 saturated heterocycles. The first-order valence-corrected chi connectivity index (χ1v) is 11.5. The molecule has 3 aromatic rings. The summed E-state index contributed by atoms with van der Waals surface area (Å²) < 4.78 is 0. The zero-order valence-corrected chi connectivity index (χ0v) is 19.1. The van der Waals surface area contributed by atoms with E-state index in [4.69, 9.17) is 0 Å². The SMILES string of the molecule is CCc1ccc(/C=C2\SC(=O)N(CCCC(=O)Nc3ccc(-c4nn[nH]n4)c(O)c3)C2=O)cc1. The van der Waals surface area contributed by atoms with Crippen molar-refractivity contribution in [2.75, 3.05) is 11.9 Å². The summed E-state index contributed by atoms with van der Waals surface area (Å²) in [7, 11) is 0. The lowest BCUT2D eigenvalue weighted by Gasteiger charge is -2.12. The first-order valence-electron chi connectivity index (χ1n) is 10.7. The fraction of sp³-hybridized carbons (Fsp3) is 0.217. The molecule has 34 heavy (non-hydrogen) atoms. The number of hydrogen-bond acceptors (Lipinski definition) is 8. The van der Waals surface area contributed by atoms with Crippen molar-refractivity contribution in [1.29, 1.82) is 0 Å². The second-order valence-electron chi connectivity index (χ2n) is 7.55. The number of carbonyl (C=O) groups excluding carboxylic acids is 3. The third-order valence-corrected chi connectivity index (χ3v) is 6.12. The number of phenolic OH excluding ortho intramolecular Hbond substituents is 1. The highest BCUT2D eigenvalue weighted by molar-refractivity contribution is 8.18. The van der Waals surface area contributed by atoms with Gasteiger partial charge in [0.2, 0.25) is 11.7 Å². The first kappa shape index (κ1) is 23.2. The molecule has 1 aromatic heterocycles. The predicted octanol–water partition coefficient (Wildman–Crippen LogP) is 3.59. The number of aryl methyl sites for hydroxylation is 1. The van der Waals surface area contributed by atoms with E-state index in [2.05, 4.69) is 32.9 Å². The normalized spacial score (nSPS) is 14.7. The molecule has 0 atom stereocenters. The molecule has 174 valence electrons. The third kappa shape index (κ3) is 5.31. The molecule has 4 rings (SSSR count). The van der Waals surface area contributed by atoms with Gasteiger partial charge < -0.3 is 10.4 Å². The van der Waals surface area contributed by atoms with E-state index in [1.165, 1.54) is 11.6 Å². The number of aromatic nitrogens is 4. The lowest BCUT2D eigenvalue weighted by molar-refractivity contribution is -0.123. The van der Waals surface area contributed by atoms with Crippen molar-refractivity contribution in [2.45, 2.75) is 26.2 Å². The van der Waals surface area contributed by atoms with Crippen LogP contribution in [0.5, 0.6) is 5.75 Å². The minimum atomic E-state index is -0.350. The number of thioether (sulfide) groups is 1. The Morgan fingerprint density at radius 2 is 2.00 bits per heavy atom. The van der Waals surface area contributed by atoms with Crippen LogP contribution in [0.3, 0.4) is 0 Å². The van der Waals surface area contributed by atoms with E-state index in [0.717, 1.165) is 28.6 Å². The standard InChI is InChI=1S/C23H22N6O4S/c1-2-14-5-7-15(8-6-14)12-19-22(32)29(23(33)34-19)11-3-4-20(31)24-16-9-10-17(18(30)13-16)21-25-27-28-26-21/h5-10,12-13,30H,2-4,11H2,1H3,(H,24,31)(H,25,26,27,28)/b19-12-. The second kappa shape index (κ2) is 10.3. The average molecular weight is 479 g/mol. The Morgan fingerprint density at radius 3 is 2.68 bits per heavy atom. The fourth-order valence-corrected chi connectivity index (χ4v) is 4.25. The maximum atomic E-state index is 12.6. The largest absolute Gasteiger partial charge is 0.507 e. The van der Waals surface area contributed by atoms with Crippen LogP contribution in [-0.4, -0.2) is 54.2 Å². The van der Waals surface area contributed by atoms with Crippen molar-refractivity contribution >= 4 is 40.6 Å². The highest BCUT2D eigenvalue weighted by atomic mass is 32.2. The Labute approximate surface area is 199 Å². The van der Waals surface area contributed by atoms with E-state index in [0.29, 0.717) is 22.6 Å². The lowest BCUT2D eigenvalue weighted by atomic mass is 10.1. The van der Waals surface area contributed by atoms with Crippen LogP contribution >= 0.6 is 11.8 Å². The minimum Gasteiger partial charge on any atom is -0.507 e. The lowest BCUT2D eigenvalue weighted by Crippen LogP contribution is -2.29. The van der Waals surface area contributed by atoms with Crippen molar-refractivity contribution in [3.8, 4) is 17.1 Å². The Morgan fingerprint density at radius 1 is 1.21 bits per heavy atom. The van der Waals surface area contributed by atoms with Crippen LogP contribution in [0.4, 0.5) is 10.5 Å². The van der Waals surface area contributed by atoms with Gasteiger partial charge in [-0.05, 0) is 59.2 Å². The number of anilines is 1. The van der Waals surface area contributed by atoms with E-state index in [9.17, 15) is 19.5 Å². The zero-order valence-electron chi connectivity index (χ0n) is 18.3. The summed E-state index contributed by atoms with van der Waals surface area (Å²) in [6.45, 7) is 2.21. The molecular weight excluding hydrogens is 456 g/mol. The Hall–Kier alpha value is -3.99. The predicted molar refractivity (Wildman–Crippen MR) is 128 cm³/mol. The van der Waals surface area contributed by atoms with Crippen LogP contribution in [0.15, 0.2) is 47.4 Å². The molecule has 11 heteroatoms. The van der Waals surface area contributed by atoms with Gasteiger partial charge in [-0.15, -0.1) is 10.2 Å². The van der Waals surface area contributed by atoms with Crippen molar-refractivity contribution in [1.82, 2.24) is 25.5 Å². The number of benzene rings is 2. The van der Waals surface area contributed by atoms with E-state index in [1.807, 2.05) is 24.3 Å². The number of aromatic hydroxyl groups is 1. The number of nitrogens with one attached hydrogen (secondary N) is 2. The number of phenols is 1. The van der Waals surface area contributed by atoms with Gasteiger partial charge in [-0.3, -0.25) is 19.3 Å². The molecule has 1 fully saturated rings. The van der Waals surface area contributed by atoms with Gasteiger partial charge in [0.1, 0.15) is 5.75 Å². The van der Waals surface area contributed by atoms with Crippen LogP contribution in [0.2, 0.25) is 0 Å². The summed E-state index contributed by atoms with van der Waals surface area (Å²) in [6.07, 6.45) is 3.06. The first-order chi connectivity index (χ1) is 16.4. The van der Waals surface area contributed by atoms with Crippen LogP contribution < -0.4 is 5.32 Å². The van der Waals surface area contributed by atoms with Crippen LogP contribution in [0, 0.1) is 0 Å². The van der Waals surface area contributed by atoms with E-state index in [1.54, 1.807) is 18.2 Å². The Kier molecular flexibility index (Phi) is 7.02. The minimum absolute atomic E-state index is 0.104. The molecule has 0 unspecified atom stereocenters. The topological polar surface area (TPSA) is 141 Å². The van der Waals surface area contributed by atoms with Crippen molar-refractivity contribution in [2.24, 2.45) is 0 Å². The van der Waals surface area contributed by atoms with E-state index < -0.39 is 0 Å². The second-order valence-corrected chi connectivity index (χ2v) is 8.54. The molecule has 1 aliphatic heterocycles. The molecule has 3 amide bonds. The number of amides is 3. The fourth-order valence-electron chi connectivity index (χ4n) is 3.39. The summed E-state index contributed by atoms with van der Waals surface area (Å²) in [4.78, 5) is 38.8. The number of nitrogens with zero attached hydrogens (tertiary/aromatic N) is 4. The summed E-state index contributed by atoms with van der Waals surface area (Å²) in [5.74, 6) is -0.519. The number of aromatic amines is 1. The van der Waals surface area contributed by atoms with Crippen molar-refractivity contribution < 1.29 is 19.5 Å². The molecule has 0 aliphatic carbocycles. The molecule has 0 bridgehead atoms. The molecule has 2 heterocycles. The highest BCUT2D eigenvalue weighted by Crippen LogP contribution is 2.32. The van der Waals surface area contributed by atoms with Crippen LogP contribution in [-0.2, 0) is 16.0 Å². The van der Waals surface area contributed by atoms with Gasteiger partial charge in [-0.2, -0.15) is 5.21 Å². The number of carbonyl (C=O) groups is 3. The van der Waals surface area contributed by atoms with E-state index in [-0.39, 0.29) is 41.6 Å². The molecule has 2 aromatic carbocycles. The highest BCUT2D eigenvalue weighted by Gasteiger charge is 2.34. The molecule has 3 N–H and O–H groups in total. The number of rotatable bonds is 8. The summed E-state index contributed by atoms with van der Waals surface area (Å²) in [5.41, 5.74) is 2.83. The smallest absolute Gasteiger partial charge is 0.293 e. The van der Waals surface area contributed by atoms with Gasteiger partial charge in [0, 0.05) is 24.7 Å². The molecule has 0 saturated carbocycles. The van der Waals surface area contributed by atoms with Gasteiger partial charge in [0.05, 0.1) is 10.5 Å². The Bertz CT molecular complexity index is 1240. The van der Waals surface area contributed by atoms with Gasteiger partial charge in [-0.25, -0.2) is 0 Å². The van der Waals surface area contributed by atoms with Gasteiger partial charge >= 0.3 is 0 Å². The third-order valence-electron chi connectivity index (χ3n) is 5.21.